The smallest absolute Gasteiger partial charge is 0.257 e. The van der Waals surface area contributed by atoms with Crippen LogP contribution < -0.4 is 5.73 Å². The molecule has 1 aliphatic heterocycles. The van der Waals surface area contributed by atoms with E-state index in [1.807, 2.05) is 11.8 Å². The number of nitrogens with two attached hydrogens (primary N) is 1. The number of piperidine rings is 1. The highest BCUT2D eigenvalue weighted by Crippen LogP contribution is 2.17. The summed E-state index contributed by atoms with van der Waals surface area (Å²) in [7, 11) is 0. The lowest BCUT2D eigenvalue weighted by Gasteiger charge is -2.30. The summed E-state index contributed by atoms with van der Waals surface area (Å²) in [5.74, 6) is 0.824. The second-order valence-electron chi connectivity index (χ2n) is 4.26. The van der Waals surface area contributed by atoms with Crippen molar-refractivity contribution in [1.29, 1.82) is 0 Å². The zero-order valence-electron chi connectivity index (χ0n) is 9.61. The lowest BCUT2D eigenvalue weighted by Crippen LogP contribution is -2.45. The molecule has 1 atom stereocenters. The number of likely N-dealkylation sites (tertiary alicyclic amines) is 1. The van der Waals surface area contributed by atoms with Crippen LogP contribution in [0.15, 0.2) is 16.7 Å². The Balaban J connectivity index is 2.12. The quantitative estimate of drug-likeness (QED) is 0.823. The zero-order valence-corrected chi connectivity index (χ0v) is 9.61. The number of furan rings is 1. The second-order valence-corrected chi connectivity index (χ2v) is 4.26. The molecule has 1 aromatic heterocycles. The van der Waals surface area contributed by atoms with Crippen molar-refractivity contribution in [2.75, 3.05) is 13.1 Å². The van der Waals surface area contributed by atoms with E-state index in [0.717, 1.165) is 31.6 Å². The lowest BCUT2D eigenvalue weighted by atomic mass is 10.1. The number of carbonyl (C=O) groups excluding carboxylic acids is 1. The van der Waals surface area contributed by atoms with Gasteiger partial charge in [-0.1, -0.05) is 6.92 Å². The number of amides is 1. The summed E-state index contributed by atoms with van der Waals surface area (Å²) in [5.41, 5.74) is 6.56. The first-order valence-corrected chi connectivity index (χ1v) is 5.83. The summed E-state index contributed by atoms with van der Waals surface area (Å²) >= 11 is 0. The van der Waals surface area contributed by atoms with Crippen LogP contribution in [0.1, 0.15) is 35.9 Å². The van der Waals surface area contributed by atoms with Crippen LogP contribution in [0, 0.1) is 0 Å². The van der Waals surface area contributed by atoms with Crippen molar-refractivity contribution in [3.05, 3.63) is 23.7 Å². The Bertz CT molecular complexity index is 373. The van der Waals surface area contributed by atoms with Gasteiger partial charge in [-0.2, -0.15) is 0 Å². The molecule has 1 amide bonds. The molecule has 0 saturated carbocycles. The molecule has 88 valence electrons. The monoisotopic (exact) mass is 222 g/mol. The summed E-state index contributed by atoms with van der Waals surface area (Å²) in [6, 6.07) is 1.87. The van der Waals surface area contributed by atoms with Gasteiger partial charge in [0.2, 0.25) is 0 Å². The van der Waals surface area contributed by atoms with Gasteiger partial charge < -0.3 is 15.1 Å². The molecule has 0 unspecified atom stereocenters. The highest BCUT2D eigenvalue weighted by Gasteiger charge is 2.24. The minimum Gasteiger partial charge on any atom is -0.469 e. The molecule has 0 radical (unpaired) electrons. The molecule has 1 fully saturated rings. The normalized spacial score (nSPS) is 21.1. The van der Waals surface area contributed by atoms with Gasteiger partial charge >= 0.3 is 0 Å². The van der Waals surface area contributed by atoms with Crippen LogP contribution in [-0.2, 0) is 6.42 Å². The van der Waals surface area contributed by atoms with Crippen LogP contribution in [0.25, 0.3) is 0 Å². The molecule has 2 rings (SSSR count). The number of carbonyl (C=O) groups is 1. The predicted octanol–water partition coefficient (Wildman–Crippen LogP) is 1.41. The van der Waals surface area contributed by atoms with Crippen molar-refractivity contribution in [2.24, 2.45) is 5.73 Å². The topological polar surface area (TPSA) is 59.5 Å². The summed E-state index contributed by atoms with van der Waals surface area (Å²) in [6.45, 7) is 3.45. The van der Waals surface area contributed by atoms with Gasteiger partial charge in [0.25, 0.3) is 5.91 Å². The Morgan fingerprint density at radius 2 is 2.50 bits per heavy atom. The molecule has 0 spiro atoms. The van der Waals surface area contributed by atoms with Gasteiger partial charge in [-0.05, 0) is 18.9 Å². The van der Waals surface area contributed by atoms with Crippen molar-refractivity contribution in [3.63, 3.8) is 0 Å². The van der Waals surface area contributed by atoms with Gasteiger partial charge in [-0.15, -0.1) is 0 Å². The second kappa shape index (κ2) is 4.70. The first-order chi connectivity index (χ1) is 7.72. The number of rotatable bonds is 2. The van der Waals surface area contributed by atoms with Gasteiger partial charge in [0.05, 0.1) is 11.8 Å². The van der Waals surface area contributed by atoms with Gasteiger partial charge in [-0.3, -0.25) is 4.79 Å². The molecule has 1 aromatic rings. The number of nitrogens with zero attached hydrogens (tertiary/aromatic N) is 1. The van der Waals surface area contributed by atoms with E-state index in [9.17, 15) is 4.79 Å². The van der Waals surface area contributed by atoms with Gasteiger partial charge in [0.15, 0.2) is 0 Å². The number of hydrogen-bond acceptors (Lipinski definition) is 3. The van der Waals surface area contributed by atoms with Gasteiger partial charge in [0, 0.05) is 25.6 Å². The van der Waals surface area contributed by atoms with E-state index in [4.69, 9.17) is 10.2 Å². The summed E-state index contributed by atoms with van der Waals surface area (Å²) in [5, 5.41) is 0. The molecule has 0 aromatic carbocycles. The SMILES string of the molecule is CCc1occc1C(=O)N1CCC[C@@H](N)C1. The van der Waals surface area contributed by atoms with E-state index in [2.05, 4.69) is 0 Å². The number of hydrogen-bond donors (Lipinski definition) is 1. The fraction of sp³-hybridized carbons (Fsp3) is 0.583. The summed E-state index contributed by atoms with van der Waals surface area (Å²) in [6.07, 6.45) is 4.33. The fourth-order valence-corrected chi connectivity index (χ4v) is 2.17. The maximum atomic E-state index is 12.2. The maximum Gasteiger partial charge on any atom is 0.257 e. The third kappa shape index (κ3) is 2.11. The molecule has 0 aliphatic carbocycles. The summed E-state index contributed by atoms with van der Waals surface area (Å²) < 4.78 is 5.27. The van der Waals surface area contributed by atoms with Crippen molar-refractivity contribution >= 4 is 5.91 Å². The largest absolute Gasteiger partial charge is 0.469 e. The minimum atomic E-state index is 0.0563. The molecule has 4 heteroatoms. The molecular formula is C12H18N2O2. The zero-order chi connectivity index (χ0) is 11.5. The van der Waals surface area contributed by atoms with Gasteiger partial charge in [0.1, 0.15) is 5.76 Å². The van der Waals surface area contributed by atoms with Crippen LogP contribution in [0.2, 0.25) is 0 Å². The molecule has 1 saturated heterocycles. The third-order valence-corrected chi connectivity index (χ3v) is 3.04. The summed E-state index contributed by atoms with van der Waals surface area (Å²) in [4.78, 5) is 14.0. The first-order valence-electron chi connectivity index (χ1n) is 5.83. The molecule has 16 heavy (non-hydrogen) atoms. The van der Waals surface area contributed by atoms with Crippen LogP contribution >= 0.6 is 0 Å². The van der Waals surface area contributed by atoms with Crippen molar-refractivity contribution in [3.8, 4) is 0 Å². The van der Waals surface area contributed by atoms with E-state index in [-0.39, 0.29) is 11.9 Å². The minimum absolute atomic E-state index is 0.0563. The van der Waals surface area contributed by atoms with Crippen LogP contribution in [0.5, 0.6) is 0 Å². The molecule has 1 aliphatic rings. The third-order valence-electron chi connectivity index (χ3n) is 3.04. The molecular weight excluding hydrogens is 204 g/mol. The Hall–Kier alpha value is -1.29. The van der Waals surface area contributed by atoms with E-state index in [0.29, 0.717) is 12.1 Å². The molecule has 2 N–H and O–H groups in total. The Morgan fingerprint density at radius 1 is 1.69 bits per heavy atom. The lowest BCUT2D eigenvalue weighted by molar-refractivity contribution is 0.0706. The fourth-order valence-electron chi connectivity index (χ4n) is 2.17. The van der Waals surface area contributed by atoms with E-state index < -0.39 is 0 Å². The average Bonchev–Trinajstić information content (AvgIpc) is 2.76. The van der Waals surface area contributed by atoms with Crippen molar-refractivity contribution in [2.45, 2.75) is 32.2 Å². The predicted molar refractivity (Wildman–Crippen MR) is 61.2 cm³/mol. The Labute approximate surface area is 95.4 Å². The molecule has 0 bridgehead atoms. The first kappa shape index (κ1) is 11.2. The highest BCUT2D eigenvalue weighted by atomic mass is 16.3. The van der Waals surface area contributed by atoms with Gasteiger partial charge in [-0.25, -0.2) is 0 Å². The standard InChI is InChI=1S/C12H18N2O2/c1-2-11-10(5-7-16-11)12(15)14-6-3-4-9(13)8-14/h5,7,9H,2-4,6,8,13H2,1H3/t9-/m1/s1. The van der Waals surface area contributed by atoms with Crippen LogP contribution in [-0.4, -0.2) is 29.9 Å². The maximum absolute atomic E-state index is 12.2. The van der Waals surface area contributed by atoms with Crippen molar-refractivity contribution < 1.29 is 9.21 Å². The highest BCUT2D eigenvalue weighted by molar-refractivity contribution is 5.95. The van der Waals surface area contributed by atoms with E-state index in [1.165, 1.54) is 0 Å². The molecule has 4 nitrogen and oxygen atoms in total. The van der Waals surface area contributed by atoms with E-state index in [1.54, 1.807) is 12.3 Å². The number of aryl methyl sites for hydroxylation is 1. The van der Waals surface area contributed by atoms with Crippen molar-refractivity contribution in [1.82, 2.24) is 4.90 Å². The Morgan fingerprint density at radius 3 is 3.19 bits per heavy atom. The Kier molecular flexibility index (Phi) is 3.29. The van der Waals surface area contributed by atoms with Crippen LogP contribution in [0.3, 0.4) is 0 Å². The van der Waals surface area contributed by atoms with Crippen LogP contribution in [0.4, 0.5) is 0 Å². The molecule has 2 heterocycles. The average molecular weight is 222 g/mol. The van der Waals surface area contributed by atoms with E-state index >= 15 is 0 Å².